The monoisotopic (exact) mass is 466 g/mol. The van der Waals surface area contributed by atoms with E-state index in [9.17, 15) is 9.18 Å². The first-order valence-electron chi connectivity index (χ1n) is 14.5. The summed E-state index contributed by atoms with van der Waals surface area (Å²) in [6.45, 7) is 6.04. The van der Waals surface area contributed by atoms with E-state index in [0.717, 1.165) is 42.4 Å². The summed E-state index contributed by atoms with van der Waals surface area (Å²) in [6.07, 6.45) is 21.4. The Balaban J connectivity index is 1.23. The van der Waals surface area contributed by atoms with E-state index in [1.54, 1.807) is 13.0 Å². The Kier molecular flexibility index (Phi) is 9.05. The predicted octanol–water partition coefficient (Wildman–Crippen LogP) is 9.41. The number of hydrogen-bond acceptors (Lipinski definition) is 1. The van der Waals surface area contributed by atoms with E-state index >= 15 is 0 Å². The van der Waals surface area contributed by atoms with Crippen LogP contribution in [-0.4, -0.2) is 5.78 Å². The summed E-state index contributed by atoms with van der Waals surface area (Å²) < 4.78 is 14.5. The van der Waals surface area contributed by atoms with E-state index in [0.29, 0.717) is 29.5 Å². The standard InChI is InChI=1S/C32H47FO/c1-4-6-23-7-11-26(12-8-23)28-15-17-29(18-16-28)27-13-9-24(10-14-27)21-31(34)30-20-19-25(5-2)32(33)22(30)3/h9,19-20,23,26-29H,4-8,10-18,21H2,1-3H3. The molecule has 1 unspecified atom stereocenters. The van der Waals surface area contributed by atoms with Gasteiger partial charge in [-0.25, -0.2) is 4.39 Å². The van der Waals surface area contributed by atoms with E-state index in [4.69, 9.17) is 0 Å². The molecule has 0 aliphatic heterocycles. The number of allylic oxidation sites excluding steroid dienone is 2. The summed E-state index contributed by atoms with van der Waals surface area (Å²) in [5, 5.41) is 0. The second kappa shape index (κ2) is 12.0. The van der Waals surface area contributed by atoms with Gasteiger partial charge in [-0.3, -0.25) is 4.79 Å². The maximum Gasteiger partial charge on any atom is 0.167 e. The number of hydrogen-bond donors (Lipinski definition) is 0. The molecule has 0 saturated heterocycles. The van der Waals surface area contributed by atoms with Crippen LogP contribution in [0.3, 0.4) is 0 Å². The highest BCUT2D eigenvalue weighted by atomic mass is 19.1. The Morgan fingerprint density at radius 3 is 2.06 bits per heavy atom. The van der Waals surface area contributed by atoms with E-state index in [-0.39, 0.29) is 11.6 Å². The molecule has 0 N–H and O–H groups in total. The number of rotatable bonds is 8. The zero-order valence-electron chi connectivity index (χ0n) is 22.0. The van der Waals surface area contributed by atoms with Gasteiger partial charge in [-0.15, -0.1) is 0 Å². The minimum Gasteiger partial charge on any atom is -0.294 e. The van der Waals surface area contributed by atoms with E-state index in [1.165, 1.54) is 76.2 Å². The molecule has 2 fully saturated rings. The molecule has 0 bridgehead atoms. The van der Waals surface area contributed by atoms with Crippen LogP contribution in [0, 0.1) is 42.3 Å². The van der Waals surface area contributed by atoms with Crippen molar-refractivity contribution in [1.82, 2.24) is 0 Å². The normalized spacial score (nSPS) is 30.1. The van der Waals surface area contributed by atoms with Crippen LogP contribution in [0.1, 0.15) is 125 Å². The van der Waals surface area contributed by atoms with Gasteiger partial charge in [0.25, 0.3) is 0 Å². The van der Waals surface area contributed by atoms with Crippen molar-refractivity contribution in [1.29, 1.82) is 0 Å². The fourth-order valence-electron chi connectivity index (χ4n) is 7.56. The first kappa shape index (κ1) is 25.6. The van der Waals surface area contributed by atoms with Gasteiger partial charge in [0.15, 0.2) is 5.78 Å². The number of carbonyl (C=O) groups is 1. The molecule has 1 aromatic rings. The summed E-state index contributed by atoms with van der Waals surface area (Å²) in [5.74, 6) is 4.61. The van der Waals surface area contributed by atoms with Crippen LogP contribution < -0.4 is 0 Å². The highest BCUT2D eigenvalue weighted by Gasteiger charge is 2.33. The maximum atomic E-state index is 14.5. The smallest absolute Gasteiger partial charge is 0.167 e. The van der Waals surface area contributed by atoms with E-state index < -0.39 is 0 Å². The SMILES string of the molecule is CCCC1CCC(C2CCC(C3CC=C(CC(=O)c4ccc(CC)c(F)c4C)CC3)CC2)CC1. The third-order valence-electron chi connectivity index (χ3n) is 9.82. The minimum absolute atomic E-state index is 0.0814. The molecule has 2 heteroatoms. The van der Waals surface area contributed by atoms with Crippen molar-refractivity contribution in [2.45, 2.75) is 117 Å². The van der Waals surface area contributed by atoms with Gasteiger partial charge in [-0.2, -0.15) is 0 Å². The van der Waals surface area contributed by atoms with Crippen LogP contribution in [0.5, 0.6) is 0 Å². The van der Waals surface area contributed by atoms with Crippen molar-refractivity contribution in [3.8, 4) is 0 Å². The molecule has 0 radical (unpaired) electrons. The van der Waals surface area contributed by atoms with Gasteiger partial charge in [0, 0.05) is 12.0 Å². The molecular formula is C32H47FO. The van der Waals surface area contributed by atoms with E-state index in [2.05, 4.69) is 13.0 Å². The van der Waals surface area contributed by atoms with Crippen LogP contribution in [-0.2, 0) is 6.42 Å². The Hall–Kier alpha value is -1.44. The lowest BCUT2D eigenvalue weighted by Crippen LogP contribution is -2.28. The van der Waals surface area contributed by atoms with Crippen LogP contribution in [0.4, 0.5) is 4.39 Å². The van der Waals surface area contributed by atoms with Crippen LogP contribution in [0.2, 0.25) is 0 Å². The van der Waals surface area contributed by atoms with Crippen molar-refractivity contribution in [2.75, 3.05) is 0 Å². The van der Waals surface area contributed by atoms with Gasteiger partial charge < -0.3 is 0 Å². The van der Waals surface area contributed by atoms with Crippen molar-refractivity contribution < 1.29 is 9.18 Å². The second-order valence-corrected chi connectivity index (χ2v) is 11.8. The van der Waals surface area contributed by atoms with Gasteiger partial charge in [-0.1, -0.05) is 63.3 Å². The molecule has 2 saturated carbocycles. The number of carbonyl (C=O) groups excluding carboxylic acids is 1. The van der Waals surface area contributed by atoms with Crippen LogP contribution in [0.25, 0.3) is 0 Å². The largest absolute Gasteiger partial charge is 0.294 e. The minimum atomic E-state index is -0.198. The molecule has 3 aliphatic rings. The summed E-state index contributed by atoms with van der Waals surface area (Å²) >= 11 is 0. The van der Waals surface area contributed by atoms with Crippen molar-refractivity contribution in [3.63, 3.8) is 0 Å². The zero-order chi connectivity index (χ0) is 24.1. The number of halogens is 1. The molecule has 0 spiro atoms. The van der Waals surface area contributed by atoms with Gasteiger partial charge in [0.2, 0.25) is 0 Å². The molecule has 34 heavy (non-hydrogen) atoms. The van der Waals surface area contributed by atoms with Crippen LogP contribution >= 0.6 is 0 Å². The molecule has 1 atom stereocenters. The average molecular weight is 467 g/mol. The van der Waals surface area contributed by atoms with Crippen molar-refractivity contribution in [2.24, 2.45) is 29.6 Å². The van der Waals surface area contributed by atoms with Crippen LogP contribution in [0.15, 0.2) is 23.8 Å². The first-order chi connectivity index (χ1) is 16.5. The number of benzene rings is 1. The Morgan fingerprint density at radius 1 is 0.882 bits per heavy atom. The Labute approximate surface area is 208 Å². The molecule has 3 aliphatic carbocycles. The Morgan fingerprint density at radius 2 is 1.50 bits per heavy atom. The highest BCUT2D eigenvalue weighted by molar-refractivity contribution is 5.99. The number of Topliss-reactive ketones (excluding diaryl/α,β-unsaturated/α-hetero) is 1. The third kappa shape index (κ3) is 6.03. The van der Waals surface area contributed by atoms with E-state index in [1.807, 2.05) is 13.0 Å². The summed E-state index contributed by atoms with van der Waals surface area (Å²) in [6, 6.07) is 3.62. The molecule has 0 heterocycles. The second-order valence-electron chi connectivity index (χ2n) is 11.8. The molecule has 0 aromatic heterocycles. The highest BCUT2D eigenvalue weighted by Crippen LogP contribution is 2.45. The molecular weight excluding hydrogens is 419 g/mol. The van der Waals surface area contributed by atoms with Gasteiger partial charge in [-0.05, 0) is 112 Å². The third-order valence-corrected chi connectivity index (χ3v) is 9.82. The molecule has 1 nitrogen and oxygen atoms in total. The zero-order valence-corrected chi connectivity index (χ0v) is 22.0. The van der Waals surface area contributed by atoms with Crippen molar-refractivity contribution in [3.05, 3.63) is 46.3 Å². The lowest BCUT2D eigenvalue weighted by atomic mass is 9.65. The first-order valence-corrected chi connectivity index (χ1v) is 14.5. The molecule has 1 aromatic carbocycles. The quantitative estimate of drug-likeness (QED) is 0.275. The predicted molar refractivity (Wildman–Crippen MR) is 141 cm³/mol. The lowest BCUT2D eigenvalue weighted by Gasteiger charge is -2.40. The maximum absolute atomic E-state index is 14.5. The topological polar surface area (TPSA) is 17.1 Å². The molecule has 4 rings (SSSR count). The van der Waals surface area contributed by atoms with Gasteiger partial charge in [0.05, 0.1) is 0 Å². The summed E-state index contributed by atoms with van der Waals surface area (Å²) in [5.41, 5.74) is 3.07. The number of ketones is 1. The summed E-state index contributed by atoms with van der Waals surface area (Å²) in [4.78, 5) is 12.9. The fraction of sp³-hybridized carbons (Fsp3) is 0.719. The average Bonchev–Trinajstić information content (AvgIpc) is 2.87. The molecule has 0 amide bonds. The Bertz CT molecular complexity index is 852. The van der Waals surface area contributed by atoms with Crippen molar-refractivity contribution >= 4 is 5.78 Å². The van der Waals surface area contributed by atoms with Gasteiger partial charge in [0.1, 0.15) is 5.82 Å². The molecule has 188 valence electrons. The number of aryl methyl sites for hydroxylation is 1. The van der Waals surface area contributed by atoms with Gasteiger partial charge >= 0.3 is 0 Å². The summed E-state index contributed by atoms with van der Waals surface area (Å²) in [7, 11) is 0. The lowest BCUT2D eigenvalue weighted by molar-refractivity contribution is 0.0987. The fourth-order valence-corrected chi connectivity index (χ4v) is 7.56.